The third-order valence-corrected chi connectivity index (χ3v) is 4.83. The summed E-state index contributed by atoms with van der Waals surface area (Å²) in [6.07, 6.45) is 1.98. The molecule has 0 aliphatic rings. The van der Waals surface area contributed by atoms with Crippen LogP contribution in [0.1, 0.15) is 24.5 Å². The van der Waals surface area contributed by atoms with E-state index in [1.807, 2.05) is 40.2 Å². The molecule has 0 spiro atoms. The van der Waals surface area contributed by atoms with Crippen LogP contribution in [0.3, 0.4) is 0 Å². The molecule has 28 heavy (non-hydrogen) atoms. The second-order valence-corrected chi connectivity index (χ2v) is 7.45. The van der Waals surface area contributed by atoms with Crippen LogP contribution in [0, 0.1) is 17.5 Å². The molecule has 0 heterocycles. The summed E-state index contributed by atoms with van der Waals surface area (Å²) in [6.45, 7) is 2.08. The Morgan fingerprint density at radius 1 is 0.750 bits per heavy atom. The maximum absolute atomic E-state index is 14.6. The highest BCUT2D eigenvalue weighted by Gasteiger charge is 2.35. The van der Waals surface area contributed by atoms with Crippen molar-refractivity contribution in [2.75, 3.05) is 0 Å². The van der Waals surface area contributed by atoms with Crippen LogP contribution in [0.25, 0.3) is 22.3 Å². The lowest BCUT2D eigenvalue weighted by Crippen LogP contribution is -2.09. The molecule has 0 aliphatic carbocycles. The summed E-state index contributed by atoms with van der Waals surface area (Å²) in [5.74, 6) is -3.61. The summed E-state index contributed by atoms with van der Waals surface area (Å²) >= 11 is 1.95. The molecule has 0 unspecified atom stereocenters. The molecule has 0 amide bonds. The van der Waals surface area contributed by atoms with E-state index < -0.39 is 27.8 Å². The molecule has 3 aromatic carbocycles. The summed E-state index contributed by atoms with van der Waals surface area (Å²) in [5.41, 5.74) is 0.954. The zero-order valence-corrected chi connectivity index (χ0v) is 16.5. The number of hydrogen-bond donors (Lipinski definition) is 0. The fourth-order valence-electron chi connectivity index (χ4n) is 3.08. The lowest BCUT2D eigenvalue weighted by Gasteiger charge is -2.13. The fraction of sp³-hybridized carbons (Fsp3) is 0.182. The highest BCUT2D eigenvalue weighted by Crippen LogP contribution is 2.40. The van der Waals surface area contributed by atoms with E-state index >= 15 is 0 Å². The molecule has 6 heteroatoms. The van der Waals surface area contributed by atoms with Gasteiger partial charge in [-0.3, -0.25) is 0 Å². The molecule has 0 N–H and O–H groups in total. The van der Waals surface area contributed by atoms with Crippen LogP contribution in [-0.4, -0.2) is 0 Å². The quantitative estimate of drug-likeness (QED) is 0.272. The third-order valence-electron chi connectivity index (χ3n) is 4.43. The Bertz CT molecular complexity index is 968. The van der Waals surface area contributed by atoms with Gasteiger partial charge in [-0.15, -0.1) is 0 Å². The molecule has 0 nitrogen and oxygen atoms in total. The predicted octanol–water partition coefficient (Wildman–Crippen LogP) is 7.83. The SMILES string of the molecule is CCCc1ccc(-c2ccc(-c3cc(F)c(C(F)(F)Br)c(F)c3)c(F)c2)cc1. The van der Waals surface area contributed by atoms with Crippen LogP contribution < -0.4 is 0 Å². The average Bonchev–Trinajstić information content (AvgIpc) is 2.60. The summed E-state index contributed by atoms with van der Waals surface area (Å²) in [4.78, 5) is -3.86. The first-order valence-corrected chi connectivity index (χ1v) is 9.45. The summed E-state index contributed by atoms with van der Waals surface area (Å²) in [6, 6.07) is 13.4. The molecule has 3 aromatic rings. The average molecular weight is 455 g/mol. The van der Waals surface area contributed by atoms with Crippen molar-refractivity contribution in [3.63, 3.8) is 0 Å². The first-order valence-electron chi connectivity index (χ1n) is 8.66. The van der Waals surface area contributed by atoms with Crippen LogP contribution >= 0.6 is 15.9 Å². The predicted molar refractivity (Wildman–Crippen MR) is 104 cm³/mol. The maximum atomic E-state index is 14.6. The van der Waals surface area contributed by atoms with E-state index in [9.17, 15) is 22.0 Å². The Balaban J connectivity index is 1.97. The van der Waals surface area contributed by atoms with Crippen molar-refractivity contribution in [1.29, 1.82) is 0 Å². The molecule has 0 atom stereocenters. The van der Waals surface area contributed by atoms with Crippen molar-refractivity contribution < 1.29 is 22.0 Å². The third kappa shape index (κ3) is 4.27. The summed E-state index contributed by atoms with van der Waals surface area (Å²) in [5, 5.41) is 0. The lowest BCUT2D eigenvalue weighted by molar-refractivity contribution is 0.105. The van der Waals surface area contributed by atoms with E-state index in [1.165, 1.54) is 17.7 Å². The summed E-state index contributed by atoms with van der Waals surface area (Å²) in [7, 11) is 0. The number of alkyl halides is 3. The van der Waals surface area contributed by atoms with E-state index in [2.05, 4.69) is 6.92 Å². The molecular weight excluding hydrogens is 439 g/mol. The van der Waals surface area contributed by atoms with Crippen LogP contribution in [0.2, 0.25) is 0 Å². The zero-order valence-electron chi connectivity index (χ0n) is 14.9. The minimum Gasteiger partial charge on any atom is -0.206 e. The normalized spacial score (nSPS) is 11.7. The Kier molecular flexibility index (Phi) is 5.89. The number of halogens is 6. The van der Waals surface area contributed by atoms with Crippen molar-refractivity contribution in [3.8, 4) is 22.3 Å². The molecule has 146 valence electrons. The molecule has 0 bridgehead atoms. The molecule has 3 rings (SSSR count). The van der Waals surface area contributed by atoms with Gasteiger partial charge in [0.2, 0.25) is 0 Å². The van der Waals surface area contributed by atoms with Gasteiger partial charge in [-0.2, -0.15) is 8.78 Å². The standard InChI is InChI=1S/C22H16BrF5/c1-2-3-13-4-6-14(7-5-13)15-8-9-17(18(24)10-15)16-11-19(25)21(20(26)12-16)22(23,27)28/h4-12H,2-3H2,1H3. The van der Waals surface area contributed by atoms with Gasteiger partial charge in [-0.1, -0.05) is 49.7 Å². The zero-order chi connectivity index (χ0) is 20.5. The fourth-order valence-corrected chi connectivity index (χ4v) is 3.46. The minimum atomic E-state index is -3.86. The summed E-state index contributed by atoms with van der Waals surface area (Å²) < 4.78 is 69.1. The second-order valence-electron chi connectivity index (χ2n) is 6.45. The van der Waals surface area contributed by atoms with Gasteiger partial charge in [0.25, 0.3) is 0 Å². The van der Waals surface area contributed by atoms with Gasteiger partial charge in [-0.25, -0.2) is 13.2 Å². The van der Waals surface area contributed by atoms with Crippen LogP contribution in [0.4, 0.5) is 22.0 Å². The first kappa shape index (κ1) is 20.5. The van der Waals surface area contributed by atoms with E-state index in [1.54, 1.807) is 6.07 Å². The van der Waals surface area contributed by atoms with Crippen molar-refractivity contribution in [2.45, 2.75) is 24.6 Å². The smallest absolute Gasteiger partial charge is 0.206 e. The van der Waals surface area contributed by atoms with Gasteiger partial charge in [0, 0.05) is 5.56 Å². The van der Waals surface area contributed by atoms with Crippen LogP contribution in [-0.2, 0) is 11.3 Å². The van der Waals surface area contributed by atoms with Gasteiger partial charge in [0.15, 0.2) is 0 Å². The van der Waals surface area contributed by atoms with Gasteiger partial charge in [0.1, 0.15) is 23.0 Å². The molecule has 0 saturated heterocycles. The van der Waals surface area contributed by atoms with Crippen LogP contribution in [0.5, 0.6) is 0 Å². The van der Waals surface area contributed by atoms with Gasteiger partial charge in [-0.05, 0) is 62.8 Å². The Labute approximate surface area is 168 Å². The molecule has 0 saturated carbocycles. The minimum absolute atomic E-state index is 0.0754. The van der Waals surface area contributed by atoms with E-state index in [0.717, 1.165) is 18.4 Å². The first-order chi connectivity index (χ1) is 13.2. The lowest BCUT2D eigenvalue weighted by atomic mass is 9.97. The number of hydrogen-bond acceptors (Lipinski definition) is 0. The topological polar surface area (TPSA) is 0 Å². The van der Waals surface area contributed by atoms with E-state index in [-0.39, 0.29) is 11.1 Å². The van der Waals surface area contributed by atoms with Crippen molar-refractivity contribution in [1.82, 2.24) is 0 Å². The molecule has 0 aliphatic heterocycles. The highest BCUT2D eigenvalue weighted by molar-refractivity contribution is 9.09. The van der Waals surface area contributed by atoms with Crippen molar-refractivity contribution in [2.24, 2.45) is 0 Å². The van der Waals surface area contributed by atoms with E-state index in [0.29, 0.717) is 17.7 Å². The molecule has 0 fully saturated rings. The van der Waals surface area contributed by atoms with Crippen molar-refractivity contribution >= 4 is 15.9 Å². The van der Waals surface area contributed by atoms with Crippen LogP contribution in [0.15, 0.2) is 54.6 Å². The van der Waals surface area contributed by atoms with Gasteiger partial charge < -0.3 is 0 Å². The molecule has 0 aromatic heterocycles. The number of aryl methyl sites for hydroxylation is 1. The van der Waals surface area contributed by atoms with Gasteiger partial charge >= 0.3 is 4.83 Å². The van der Waals surface area contributed by atoms with Crippen molar-refractivity contribution in [3.05, 3.63) is 83.2 Å². The molecule has 0 radical (unpaired) electrons. The highest BCUT2D eigenvalue weighted by atomic mass is 79.9. The Morgan fingerprint density at radius 3 is 1.79 bits per heavy atom. The monoisotopic (exact) mass is 454 g/mol. The maximum Gasteiger partial charge on any atom is 0.332 e. The Morgan fingerprint density at radius 2 is 1.29 bits per heavy atom. The van der Waals surface area contributed by atoms with Gasteiger partial charge in [0.05, 0.1) is 0 Å². The molecular formula is C22H16BrF5. The number of rotatable bonds is 5. The number of benzene rings is 3. The van der Waals surface area contributed by atoms with E-state index in [4.69, 9.17) is 0 Å². The largest absolute Gasteiger partial charge is 0.332 e. The second kappa shape index (κ2) is 8.03. The Hall–Kier alpha value is -2.21.